The van der Waals surface area contributed by atoms with Crippen LogP contribution in [-0.2, 0) is 13.0 Å². The zero-order valence-electron chi connectivity index (χ0n) is 11.1. The van der Waals surface area contributed by atoms with Crippen molar-refractivity contribution in [1.82, 2.24) is 0 Å². The van der Waals surface area contributed by atoms with Gasteiger partial charge in [0.25, 0.3) is 0 Å². The molecule has 0 atom stereocenters. The van der Waals surface area contributed by atoms with Gasteiger partial charge in [-0.3, -0.25) is 0 Å². The predicted octanol–water partition coefficient (Wildman–Crippen LogP) is 4.63. The van der Waals surface area contributed by atoms with Crippen LogP contribution in [0.1, 0.15) is 16.7 Å². The van der Waals surface area contributed by atoms with Crippen LogP contribution in [0.15, 0.2) is 39.3 Å². The van der Waals surface area contributed by atoms with Crippen LogP contribution in [0.25, 0.3) is 0 Å². The molecule has 3 rings (SSSR count). The molecule has 0 aromatic heterocycles. The first-order valence-electron chi connectivity index (χ1n) is 6.55. The summed E-state index contributed by atoms with van der Waals surface area (Å²) in [6.07, 6.45) is 0.962. The van der Waals surface area contributed by atoms with E-state index in [2.05, 4.69) is 55.4 Å². The molecule has 0 saturated carbocycles. The number of hydrogen-bond donors (Lipinski definition) is 1. The monoisotopic (exact) mass is 406 g/mol. The molecule has 0 unspecified atom stereocenters. The Morgan fingerprint density at radius 3 is 2.86 bits per heavy atom. The van der Waals surface area contributed by atoms with E-state index in [4.69, 9.17) is 10.00 Å². The summed E-state index contributed by atoms with van der Waals surface area (Å²) in [6.45, 7) is 1.43. The van der Waals surface area contributed by atoms with Crippen LogP contribution in [0.5, 0.6) is 5.75 Å². The number of nitriles is 1. The smallest absolute Gasteiger partial charge is 0.127 e. The highest BCUT2D eigenvalue weighted by Gasteiger charge is 2.17. The molecule has 1 aliphatic heterocycles. The number of nitrogens with zero attached hydrogens (tertiary/aromatic N) is 1. The van der Waals surface area contributed by atoms with Crippen molar-refractivity contribution in [2.24, 2.45) is 0 Å². The lowest BCUT2D eigenvalue weighted by Crippen LogP contribution is -2.02. The fourth-order valence-corrected chi connectivity index (χ4v) is 3.41. The van der Waals surface area contributed by atoms with Crippen LogP contribution in [0.3, 0.4) is 0 Å². The Bertz CT molecular complexity index is 738. The molecule has 21 heavy (non-hydrogen) atoms. The second-order valence-electron chi connectivity index (χ2n) is 4.81. The Balaban J connectivity index is 1.80. The number of anilines is 1. The summed E-state index contributed by atoms with van der Waals surface area (Å²) in [5.74, 6) is 0.999. The maximum atomic E-state index is 8.93. The number of fused-ring (bicyclic) bond motifs is 1. The summed E-state index contributed by atoms with van der Waals surface area (Å²) < 4.78 is 7.59. The van der Waals surface area contributed by atoms with Crippen molar-refractivity contribution < 1.29 is 4.74 Å². The van der Waals surface area contributed by atoms with Crippen LogP contribution in [0.4, 0.5) is 5.69 Å². The Hall–Kier alpha value is -1.51. The Morgan fingerprint density at radius 2 is 2.10 bits per heavy atom. The van der Waals surface area contributed by atoms with E-state index >= 15 is 0 Å². The summed E-state index contributed by atoms with van der Waals surface area (Å²) >= 11 is 6.95. The van der Waals surface area contributed by atoms with Crippen LogP contribution < -0.4 is 10.1 Å². The van der Waals surface area contributed by atoms with Crippen LogP contribution in [0.2, 0.25) is 0 Å². The lowest BCUT2D eigenvalue weighted by Gasteiger charge is -2.11. The van der Waals surface area contributed by atoms with E-state index in [0.717, 1.165) is 39.0 Å². The van der Waals surface area contributed by atoms with E-state index in [-0.39, 0.29) is 0 Å². The van der Waals surface area contributed by atoms with Gasteiger partial charge in [0.2, 0.25) is 0 Å². The molecule has 0 spiro atoms. The van der Waals surface area contributed by atoms with E-state index in [9.17, 15) is 0 Å². The Morgan fingerprint density at radius 1 is 1.24 bits per heavy atom. The van der Waals surface area contributed by atoms with E-state index < -0.39 is 0 Å². The molecule has 0 amide bonds. The Kier molecular flexibility index (Phi) is 4.18. The molecule has 2 aromatic rings. The highest BCUT2D eigenvalue weighted by Crippen LogP contribution is 2.33. The lowest BCUT2D eigenvalue weighted by molar-refractivity contribution is 0.354. The molecule has 0 bridgehead atoms. The number of rotatable bonds is 3. The van der Waals surface area contributed by atoms with Gasteiger partial charge in [-0.2, -0.15) is 5.26 Å². The first-order chi connectivity index (χ1) is 10.2. The van der Waals surface area contributed by atoms with Gasteiger partial charge < -0.3 is 10.1 Å². The van der Waals surface area contributed by atoms with Gasteiger partial charge in [-0.1, -0.05) is 15.9 Å². The van der Waals surface area contributed by atoms with Crippen LogP contribution >= 0.6 is 31.9 Å². The summed E-state index contributed by atoms with van der Waals surface area (Å²) in [7, 11) is 0. The molecular weight excluding hydrogens is 396 g/mol. The fraction of sp³-hybridized carbons (Fsp3) is 0.188. The summed E-state index contributed by atoms with van der Waals surface area (Å²) in [5.41, 5.74) is 3.99. The number of hydrogen-bond acceptors (Lipinski definition) is 3. The molecule has 1 aliphatic rings. The van der Waals surface area contributed by atoms with Crippen molar-refractivity contribution in [3.8, 4) is 11.8 Å². The van der Waals surface area contributed by atoms with E-state index in [0.29, 0.717) is 12.1 Å². The molecule has 5 heteroatoms. The second-order valence-corrected chi connectivity index (χ2v) is 6.58. The Labute approximate surface area is 140 Å². The van der Waals surface area contributed by atoms with Crippen LogP contribution in [0, 0.1) is 11.3 Å². The van der Waals surface area contributed by atoms with Gasteiger partial charge in [-0.25, -0.2) is 0 Å². The van der Waals surface area contributed by atoms with Crippen molar-refractivity contribution in [1.29, 1.82) is 5.26 Å². The first kappa shape index (κ1) is 14.4. The van der Waals surface area contributed by atoms with Crippen LogP contribution in [-0.4, -0.2) is 6.61 Å². The van der Waals surface area contributed by atoms with E-state index in [1.54, 1.807) is 6.07 Å². The normalized spacial score (nSPS) is 12.4. The molecule has 0 radical (unpaired) electrons. The third-order valence-electron chi connectivity index (χ3n) is 3.40. The number of ether oxygens (including phenoxy) is 1. The van der Waals surface area contributed by atoms with Crippen molar-refractivity contribution in [2.75, 3.05) is 11.9 Å². The van der Waals surface area contributed by atoms with Crippen molar-refractivity contribution in [3.05, 3.63) is 56.0 Å². The van der Waals surface area contributed by atoms with Gasteiger partial charge in [0.15, 0.2) is 0 Å². The van der Waals surface area contributed by atoms with Gasteiger partial charge in [0.1, 0.15) is 11.8 Å². The van der Waals surface area contributed by atoms with E-state index in [1.165, 1.54) is 5.56 Å². The van der Waals surface area contributed by atoms with Gasteiger partial charge in [-0.05, 0) is 51.8 Å². The average molecular weight is 408 g/mol. The summed E-state index contributed by atoms with van der Waals surface area (Å²) in [4.78, 5) is 0. The second kappa shape index (κ2) is 6.08. The SMILES string of the molecule is N#Cc1ccc(NCc2cc(Br)cc3c2OCC3)cc1Br. The van der Waals surface area contributed by atoms with Gasteiger partial charge >= 0.3 is 0 Å². The quantitative estimate of drug-likeness (QED) is 0.806. The first-order valence-corrected chi connectivity index (χ1v) is 8.13. The molecule has 3 nitrogen and oxygen atoms in total. The minimum absolute atomic E-state index is 0.632. The third kappa shape index (κ3) is 3.07. The van der Waals surface area contributed by atoms with Crippen molar-refractivity contribution >= 4 is 37.5 Å². The zero-order chi connectivity index (χ0) is 14.8. The summed E-state index contributed by atoms with van der Waals surface area (Å²) in [5, 5.41) is 12.3. The molecular formula is C16H12Br2N2O. The van der Waals surface area contributed by atoms with Gasteiger partial charge in [0.05, 0.1) is 12.2 Å². The zero-order valence-corrected chi connectivity index (χ0v) is 14.3. The van der Waals surface area contributed by atoms with Crippen molar-refractivity contribution in [3.63, 3.8) is 0 Å². The molecule has 106 valence electrons. The fourth-order valence-electron chi connectivity index (χ4n) is 2.39. The highest BCUT2D eigenvalue weighted by molar-refractivity contribution is 9.10. The minimum Gasteiger partial charge on any atom is -0.493 e. The molecule has 0 fully saturated rings. The largest absolute Gasteiger partial charge is 0.493 e. The summed E-state index contributed by atoms with van der Waals surface area (Å²) in [6, 6.07) is 12.0. The molecule has 0 aliphatic carbocycles. The maximum Gasteiger partial charge on any atom is 0.127 e. The number of halogens is 2. The topological polar surface area (TPSA) is 45.0 Å². The average Bonchev–Trinajstić information content (AvgIpc) is 2.93. The molecule has 1 heterocycles. The minimum atomic E-state index is 0.632. The predicted molar refractivity (Wildman–Crippen MR) is 89.5 cm³/mol. The number of benzene rings is 2. The standard InChI is InChI=1S/C16H12Br2N2O/c17-13-5-10-3-4-21-16(10)12(6-13)9-20-14-2-1-11(8-19)15(18)7-14/h1-2,5-7,20H,3-4,9H2. The lowest BCUT2D eigenvalue weighted by atomic mass is 10.1. The van der Waals surface area contributed by atoms with Crippen molar-refractivity contribution in [2.45, 2.75) is 13.0 Å². The molecule has 0 saturated heterocycles. The van der Waals surface area contributed by atoms with Gasteiger partial charge in [-0.15, -0.1) is 0 Å². The maximum absolute atomic E-state index is 8.93. The van der Waals surface area contributed by atoms with E-state index in [1.807, 2.05) is 12.1 Å². The highest BCUT2D eigenvalue weighted by atomic mass is 79.9. The third-order valence-corrected chi connectivity index (χ3v) is 4.51. The van der Waals surface area contributed by atoms with Gasteiger partial charge in [0, 0.05) is 33.2 Å². The molecule has 1 N–H and O–H groups in total. The number of nitrogens with one attached hydrogen (secondary N) is 1. The molecule has 2 aromatic carbocycles.